The van der Waals surface area contributed by atoms with Crippen molar-refractivity contribution in [1.29, 1.82) is 0 Å². The molecule has 0 unspecified atom stereocenters. The maximum absolute atomic E-state index is 11.2. The fraction of sp³-hybridized carbons (Fsp3) is 0.867. The van der Waals surface area contributed by atoms with Gasteiger partial charge in [-0.2, -0.15) is 0 Å². The third kappa shape index (κ3) is 11.7. The van der Waals surface area contributed by atoms with Gasteiger partial charge in [-0.25, -0.2) is 0 Å². The van der Waals surface area contributed by atoms with Gasteiger partial charge in [0.2, 0.25) is 0 Å². The van der Waals surface area contributed by atoms with Gasteiger partial charge in [0.05, 0.1) is 13.5 Å². The fourth-order valence-corrected chi connectivity index (χ4v) is 2.04. The first-order chi connectivity index (χ1) is 9.10. The molecular weight excluding hydrogens is 244 g/mol. The van der Waals surface area contributed by atoms with E-state index in [2.05, 4.69) is 11.7 Å². The Kier molecular flexibility index (Phi) is 11.3. The average Bonchev–Trinajstić information content (AvgIpc) is 2.36. The van der Waals surface area contributed by atoms with Crippen molar-refractivity contribution in [3.05, 3.63) is 0 Å². The van der Waals surface area contributed by atoms with Crippen LogP contribution in [-0.4, -0.2) is 25.2 Å². The van der Waals surface area contributed by atoms with Gasteiger partial charge in [0, 0.05) is 6.92 Å². The van der Waals surface area contributed by atoms with E-state index in [4.69, 9.17) is 4.74 Å². The molecule has 112 valence electrons. The average molecular weight is 272 g/mol. The largest absolute Gasteiger partial charge is 0.469 e. The lowest BCUT2D eigenvalue weighted by molar-refractivity contribution is -0.152. The van der Waals surface area contributed by atoms with Crippen molar-refractivity contribution < 1.29 is 19.1 Å². The van der Waals surface area contributed by atoms with E-state index in [0.29, 0.717) is 0 Å². The highest BCUT2D eigenvalue weighted by Crippen LogP contribution is 2.14. The molecule has 0 fully saturated rings. The van der Waals surface area contributed by atoms with Crippen molar-refractivity contribution in [3.8, 4) is 0 Å². The zero-order valence-electron chi connectivity index (χ0n) is 12.6. The first-order valence-corrected chi connectivity index (χ1v) is 7.34. The van der Waals surface area contributed by atoms with Crippen molar-refractivity contribution in [2.75, 3.05) is 7.11 Å². The number of esters is 2. The zero-order valence-corrected chi connectivity index (χ0v) is 12.6. The van der Waals surface area contributed by atoms with E-state index in [1.54, 1.807) is 0 Å². The van der Waals surface area contributed by atoms with Crippen LogP contribution in [0.2, 0.25) is 0 Å². The summed E-state index contributed by atoms with van der Waals surface area (Å²) in [5.41, 5.74) is 0. The predicted octanol–water partition coefficient (Wildman–Crippen LogP) is 3.62. The van der Waals surface area contributed by atoms with Gasteiger partial charge in [0.25, 0.3) is 0 Å². The van der Waals surface area contributed by atoms with Crippen LogP contribution in [0.5, 0.6) is 0 Å². The standard InChI is InChI=1S/C15H28O4/c1-4-5-6-7-8-9-10-11-14(19-13(2)16)12-15(17)18-3/h14H,4-12H2,1-3H3/t14-/m1/s1. The van der Waals surface area contributed by atoms with Crippen molar-refractivity contribution >= 4 is 11.9 Å². The van der Waals surface area contributed by atoms with E-state index in [9.17, 15) is 9.59 Å². The lowest BCUT2D eigenvalue weighted by Crippen LogP contribution is -2.21. The Morgan fingerprint density at radius 3 is 2.11 bits per heavy atom. The Morgan fingerprint density at radius 2 is 1.58 bits per heavy atom. The van der Waals surface area contributed by atoms with Crippen molar-refractivity contribution in [2.24, 2.45) is 0 Å². The maximum Gasteiger partial charge on any atom is 0.309 e. The van der Waals surface area contributed by atoms with Gasteiger partial charge in [-0.15, -0.1) is 0 Å². The van der Waals surface area contributed by atoms with Crippen LogP contribution >= 0.6 is 0 Å². The molecule has 0 aliphatic rings. The van der Waals surface area contributed by atoms with Crippen molar-refractivity contribution in [2.45, 2.75) is 77.7 Å². The lowest BCUT2D eigenvalue weighted by Gasteiger charge is -2.15. The molecule has 0 saturated heterocycles. The first-order valence-electron chi connectivity index (χ1n) is 7.34. The van der Waals surface area contributed by atoms with Gasteiger partial charge >= 0.3 is 11.9 Å². The molecule has 0 radical (unpaired) electrons. The van der Waals surface area contributed by atoms with Gasteiger partial charge in [-0.1, -0.05) is 45.4 Å². The molecule has 0 aromatic rings. The van der Waals surface area contributed by atoms with Gasteiger partial charge in [-0.3, -0.25) is 9.59 Å². The molecule has 4 nitrogen and oxygen atoms in total. The molecule has 0 bridgehead atoms. The molecule has 0 heterocycles. The van der Waals surface area contributed by atoms with Gasteiger partial charge < -0.3 is 9.47 Å². The summed E-state index contributed by atoms with van der Waals surface area (Å²) in [6.45, 7) is 3.57. The van der Waals surface area contributed by atoms with Crippen LogP contribution < -0.4 is 0 Å². The number of rotatable bonds is 11. The van der Waals surface area contributed by atoms with E-state index in [-0.39, 0.29) is 24.5 Å². The van der Waals surface area contributed by atoms with E-state index in [0.717, 1.165) is 19.3 Å². The molecule has 0 aromatic carbocycles. The number of methoxy groups -OCH3 is 1. The molecule has 0 rings (SSSR count). The maximum atomic E-state index is 11.2. The summed E-state index contributed by atoms with van der Waals surface area (Å²) in [4.78, 5) is 22.2. The Morgan fingerprint density at radius 1 is 1.00 bits per heavy atom. The highest BCUT2D eigenvalue weighted by molar-refractivity contribution is 5.71. The SMILES string of the molecule is CCCCCCCCC[C@H](CC(=O)OC)OC(C)=O. The summed E-state index contributed by atoms with van der Waals surface area (Å²) in [6.07, 6.45) is 9.02. The first kappa shape index (κ1) is 17.9. The number of ether oxygens (including phenoxy) is 2. The van der Waals surface area contributed by atoms with Crippen LogP contribution in [0.4, 0.5) is 0 Å². The molecular formula is C15H28O4. The summed E-state index contributed by atoms with van der Waals surface area (Å²) < 4.78 is 9.73. The minimum atomic E-state index is -0.336. The topological polar surface area (TPSA) is 52.6 Å². The molecule has 0 saturated carbocycles. The highest BCUT2D eigenvalue weighted by Gasteiger charge is 2.16. The second-order valence-electron chi connectivity index (χ2n) is 4.92. The van der Waals surface area contributed by atoms with E-state index in [1.165, 1.54) is 46.1 Å². The van der Waals surface area contributed by atoms with E-state index in [1.807, 2.05) is 0 Å². The Bertz CT molecular complexity index is 251. The Labute approximate surface area is 116 Å². The Balaban J connectivity index is 3.73. The second-order valence-corrected chi connectivity index (χ2v) is 4.92. The Hall–Kier alpha value is -1.06. The highest BCUT2D eigenvalue weighted by atomic mass is 16.6. The number of carbonyl (C=O) groups is 2. The quantitative estimate of drug-likeness (QED) is 0.426. The number of carbonyl (C=O) groups excluding carboxylic acids is 2. The van der Waals surface area contributed by atoms with Gasteiger partial charge in [0.15, 0.2) is 0 Å². The molecule has 0 aromatic heterocycles. The third-order valence-electron chi connectivity index (χ3n) is 3.08. The van der Waals surface area contributed by atoms with Gasteiger partial charge in [0.1, 0.15) is 6.10 Å². The third-order valence-corrected chi connectivity index (χ3v) is 3.08. The summed E-state index contributed by atoms with van der Waals surface area (Å²) in [7, 11) is 1.35. The van der Waals surface area contributed by atoms with Crippen LogP contribution in [0, 0.1) is 0 Å². The van der Waals surface area contributed by atoms with E-state index < -0.39 is 0 Å². The summed E-state index contributed by atoms with van der Waals surface area (Å²) in [5.74, 6) is -0.661. The van der Waals surface area contributed by atoms with Gasteiger partial charge in [-0.05, 0) is 12.8 Å². The summed E-state index contributed by atoms with van der Waals surface area (Å²) >= 11 is 0. The number of hydrogen-bond acceptors (Lipinski definition) is 4. The van der Waals surface area contributed by atoms with Crippen LogP contribution in [0.15, 0.2) is 0 Å². The fourth-order valence-electron chi connectivity index (χ4n) is 2.04. The zero-order chi connectivity index (χ0) is 14.5. The molecule has 0 N–H and O–H groups in total. The molecule has 1 atom stereocenters. The van der Waals surface area contributed by atoms with Crippen LogP contribution in [0.3, 0.4) is 0 Å². The monoisotopic (exact) mass is 272 g/mol. The minimum Gasteiger partial charge on any atom is -0.469 e. The normalized spacial score (nSPS) is 11.9. The van der Waals surface area contributed by atoms with Crippen LogP contribution in [-0.2, 0) is 19.1 Å². The molecule has 4 heteroatoms. The van der Waals surface area contributed by atoms with Crippen LogP contribution in [0.25, 0.3) is 0 Å². The van der Waals surface area contributed by atoms with Crippen molar-refractivity contribution in [3.63, 3.8) is 0 Å². The lowest BCUT2D eigenvalue weighted by atomic mass is 10.0. The molecule has 0 spiro atoms. The minimum absolute atomic E-state index is 0.159. The predicted molar refractivity (Wildman–Crippen MR) is 74.8 cm³/mol. The molecule has 0 amide bonds. The van der Waals surface area contributed by atoms with Crippen molar-refractivity contribution in [1.82, 2.24) is 0 Å². The summed E-state index contributed by atoms with van der Waals surface area (Å²) in [5, 5.41) is 0. The number of unbranched alkanes of at least 4 members (excludes halogenated alkanes) is 6. The summed E-state index contributed by atoms with van der Waals surface area (Å²) in [6, 6.07) is 0. The smallest absolute Gasteiger partial charge is 0.309 e. The number of hydrogen-bond donors (Lipinski definition) is 0. The van der Waals surface area contributed by atoms with Crippen LogP contribution in [0.1, 0.15) is 71.6 Å². The molecule has 0 aliphatic heterocycles. The second kappa shape index (κ2) is 12.0. The molecule has 0 aliphatic carbocycles. The molecule has 19 heavy (non-hydrogen) atoms. The van der Waals surface area contributed by atoms with E-state index >= 15 is 0 Å².